The summed E-state index contributed by atoms with van der Waals surface area (Å²) in [6.45, 7) is 1.000. The second kappa shape index (κ2) is 4.49. The number of nitrogens with one attached hydrogen (secondary N) is 1. The number of carbonyl (C=O) groups is 1. The summed E-state index contributed by atoms with van der Waals surface area (Å²) in [7, 11) is 0. The smallest absolute Gasteiger partial charge is 0.311 e. The maximum Gasteiger partial charge on any atom is 0.311 e. The molecule has 3 nitrogen and oxygen atoms in total. The van der Waals surface area contributed by atoms with Crippen molar-refractivity contribution < 1.29 is 9.90 Å². The first kappa shape index (κ1) is 11.8. The molecular formula is C10H18ClNO2. The third kappa shape index (κ3) is 1.75. The number of carboxylic acids is 1. The molecule has 0 bridgehead atoms. The second-order valence-electron chi connectivity index (χ2n) is 4.32. The third-order valence-corrected chi connectivity index (χ3v) is 3.65. The number of rotatable bonds is 1. The van der Waals surface area contributed by atoms with Gasteiger partial charge in [0.05, 0.1) is 5.41 Å². The van der Waals surface area contributed by atoms with E-state index in [0.29, 0.717) is 0 Å². The normalized spacial score (nSPS) is 36.7. The molecule has 2 rings (SSSR count). The molecular weight excluding hydrogens is 202 g/mol. The zero-order valence-corrected chi connectivity index (χ0v) is 9.11. The minimum absolute atomic E-state index is 0. The Hall–Kier alpha value is -0.280. The van der Waals surface area contributed by atoms with E-state index in [1.165, 1.54) is 6.42 Å². The van der Waals surface area contributed by atoms with Crippen LogP contribution in [-0.2, 0) is 4.79 Å². The SMILES string of the molecule is Cl.O=C(O)[C@]12CCCC[C@@H]1NCCC2. The highest BCUT2D eigenvalue weighted by molar-refractivity contribution is 5.85. The van der Waals surface area contributed by atoms with Crippen molar-refractivity contribution >= 4 is 18.4 Å². The average molecular weight is 220 g/mol. The largest absolute Gasteiger partial charge is 0.481 e. The van der Waals surface area contributed by atoms with E-state index in [1.54, 1.807) is 0 Å². The van der Waals surface area contributed by atoms with Crippen molar-refractivity contribution in [1.29, 1.82) is 0 Å². The van der Waals surface area contributed by atoms with E-state index in [2.05, 4.69) is 5.32 Å². The van der Waals surface area contributed by atoms with Crippen LogP contribution in [0, 0.1) is 5.41 Å². The van der Waals surface area contributed by atoms with E-state index >= 15 is 0 Å². The van der Waals surface area contributed by atoms with Crippen molar-refractivity contribution in [3.8, 4) is 0 Å². The first-order valence-electron chi connectivity index (χ1n) is 5.22. The molecule has 1 saturated heterocycles. The van der Waals surface area contributed by atoms with Crippen LogP contribution in [0.5, 0.6) is 0 Å². The summed E-state index contributed by atoms with van der Waals surface area (Å²) >= 11 is 0. The lowest BCUT2D eigenvalue weighted by molar-refractivity contribution is -0.155. The summed E-state index contributed by atoms with van der Waals surface area (Å²) in [6, 6.07) is 0.243. The summed E-state index contributed by atoms with van der Waals surface area (Å²) in [6.07, 6.45) is 6.09. The Labute approximate surface area is 90.7 Å². The van der Waals surface area contributed by atoms with Crippen LogP contribution in [0.4, 0.5) is 0 Å². The van der Waals surface area contributed by atoms with Crippen molar-refractivity contribution in [2.45, 2.75) is 44.6 Å². The number of halogens is 1. The Kier molecular flexibility index (Phi) is 3.78. The van der Waals surface area contributed by atoms with Crippen molar-refractivity contribution in [1.82, 2.24) is 5.32 Å². The standard InChI is InChI=1S/C10H17NO2.ClH/c12-9(13)10-5-2-1-4-8(10)11-7-3-6-10;/h8,11H,1-7H2,(H,12,13);1H/t8-,10-;/m0./s1. The molecule has 0 aromatic rings. The monoisotopic (exact) mass is 219 g/mol. The molecule has 1 aliphatic carbocycles. The zero-order valence-electron chi connectivity index (χ0n) is 8.29. The molecule has 0 aromatic carbocycles. The lowest BCUT2D eigenvalue weighted by Crippen LogP contribution is -2.55. The van der Waals surface area contributed by atoms with E-state index in [-0.39, 0.29) is 18.4 Å². The minimum atomic E-state index is -0.579. The van der Waals surface area contributed by atoms with Gasteiger partial charge in [-0.2, -0.15) is 0 Å². The highest BCUT2D eigenvalue weighted by Crippen LogP contribution is 2.42. The van der Waals surface area contributed by atoms with Gasteiger partial charge < -0.3 is 10.4 Å². The number of hydrogen-bond acceptors (Lipinski definition) is 2. The predicted molar refractivity (Wildman–Crippen MR) is 56.8 cm³/mol. The Bertz CT molecular complexity index is 208. The zero-order chi connectivity index (χ0) is 9.31. The molecule has 0 amide bonds. The van der Waals surface area contributed by atoms with E-state index < -0.39 is 11.4 Å². The van der Waals surface area contributed by atoms with Crippen LogP contribution in [0.1, 0.15) is 38.5 Å². The van der Waals surface area contributed by atoms with Gasteiger partial charge in [-0.05, 0) is 32.2 Å². The van der Waals surface area contributed by atoms with Gasteiger partial charge in [0.25, 0.3) is 0 Å². The highest BCUT2D eigenvalue weighted by Gasteiger charge is 2.48. The molecule has 0 aromatic heterocycles. The molecule has 14 heavy (non-hydrogen) atoms. The fourth-order valence-electron chi connectivity index (χ4n) is 2.88. The molecule has 1 saturated carbocycles. The molecule has 4 heteroatoms. The molecule has 1 aliphatic heterocycles. The van der Waals surface area contributed by atoms with E-state index in [4.69, 9.17) is 0 Å². The van der Waals surface area contributed by atoms with Crippen LogP contribution in [-0.4, -0.2) is 23.7 Å². The first-order valence-corrected chi connectivity index (χ1v) is 5.22. The number of carboxylic acid groups (broad SMARTS) is 1. The number of aliphatic carboxylic acids is 1. The van der Waals surface area contributed by atoms with E-state index in [0.717, 1.165) is 38.6 Å². The summed E-state index contributed by atoms with van der Waals surface area (Å²) < 4.78 is 0. The molecule has 2 aliphatic rings. The van der Waals surface area contributed by atoms with E-state index in [1.807, 2.05) is 0 Å². The lowest BCUT2D eigenvalue weighted by atomic mass is 9.66. The summed E-state index contributed by atoms with van der Waals surface area (Å²) in [4.78, 5) is 11.3. The predicted octanol–water partition coefficient (Wildman–Crippen LogP) is 1.81. The van der Waals surface area contributed by atoms with Crippen molar-refractivity contribution in [2.24, 2.45) is 5.41 Å². The Balaban J connectivity index is 0.000000980. The Morgan fingerprint density at radius 3 is 2.64 bits per heavy atom. The van der Waals surface area contributed by atoms with Gasteiger partial charge in [0, 0.05) is 6.04 Å². The molecule has 1 heterocycles. The lowest BCUT2D eigenvalue weighted by Gasteiger charge is -2.44. The van der Waals surface area contributed by atoms with Crippen LogP contribution in [0.2, 0.25) is 0 Å². The maximum absolute atomic E-state index is 11.3. The van der Waals surface area contributed by atoms with Crippen LogP contribution >= 0.6 is 12.4 Å². The fourth-order valence-corrected chi connectivity index (χ4v) is 2.88. The van der Waals surface area contributed by atoms with Crippen LogP contribution in [0.15, 0.2) is 0 Å². The summed E-state index contributed by atoms with van der Waals surface area (Å²) in [5.74, 6) is -0.579. The summed E-state index contributed by atoms with van der Waals surface area (Å²) in [5, 5.41) is 12.6. The Morgan fingerprint density at radius 1 is 1.29 bits per heavy atom. The molecule has 2 fully saturated rings. The van der Waals surface area contributed by atoms with Crippen LogP contribution in [0.3, 0.4) is 0 Å². The van der Waals surface area contributed by atoms with Crippen molar-refractivity contribution in [2.75, 3.05) is 6.54 Å². The van der Waals surface area contributed by atoms with Gasteiger partial charge in [-0.15, -0.1) is 12.4 Å². The van der Waals surface area contributed by atoms with Crippen molar-refractivity contribution in [3.63, 3.8) is 0 Å². The minimum Gasteiger partial charge on any atom is -0.481 e. The fraction of sp³-hybridized carbons (Fsp3) is 0.900. The van der Waals surface area contributed by atoms with Gasteiger partial charge in [0.1, 0.15) is 0 Å². The van der Waals surface area contributed by atoms with Gasteiger partial charge in [-0.3, -0.25) is 4.79 Å². The van der Waals surface area contributed by atoms with Crippen LogP contribution < -0.4 is 5.32 Å². The van der Waals surface area contributed by atoms with Gasteiger partial charge >= 0.3 is 5.97 Å². The van der Waals surface area contributed by atoms with Gasteiger partial charge in [-0.25, -0.2) is 0 Å². The molecule has 82 valence electrons. The number of hydrogen-bond donors (Lipinski definition) is 2. The molecule has 0 spiro atoms. The first-order chi connectivity index (χ1) is 6.26. The van der Waals surface area contributed by atoms with Crippen molar-refractivity contribution in [3.05, 3.63) is 0 Å². The number of fused-ring (bicyclic) bond motifs is 1. The molecule has 2 atom stereocenters. The quantitative estimate of drug-likeness (QED) is 0.707. The third-order valence-electron chi connectivity index (χ3n) is 3.65. The second-order valence-corrected chi connectivity index (χ2v) is 4.32. The highest BCUT2D eigenvalue weighted by atomic mass is 35.5. The molecule has 0 radical (unpaired) electrons. The number of piperidine rings is 1. The van der Waals surface area contributed by atoms with Gasteiger partial charge in [-0.1, -0.05) is 12.8 Å². The van der Waals surface area contributed by atoms with Gasteiger partial charge in [0.15, 0.2) is 0 Å². The Morgan fingerprint density at radius 2 is 2.00 bits per heavy atom. The maximum atomic E-state index is 11.3. The topological polar surface area (TPSA) is 49.3 Å². The molecule has 2 N–H and O–H groups in total. The average Bonchev–Trinajstić information content (AvgIpc) is 2.17. The van der Waals surface area contributed by atoms with E-state index in [9.17, 15) is 9.90 Å². The molecule has 0 unspecified atom stereocenters. The van der Waals surface area contributed by atoms with Crippen LogP contribution in [0.25, 0.3) is 0 Å². The summed E-state index contributed by atoms with van der Waals surface area (Å²) in [5.41, 5.74) is -0.420. The van der Waals surface area contributed by atoms with Gasteiger partial charge in [0.2, 0.25) is 0 Å².